The van der Waals surface area contributed by atoms with E-state index in [0.29, 0.717) is 0 Å². The topological polar surface area (TPSA) is 38.9 Å². The van der Waals surface area contributed by atoms with E-state index in [1.165, 1.54) is 0 Å². The first-order valence-electron chi connectivity index (χ1n) is 3.23. The van der Waals surface area contributed by atoms with Crippen molar-refractivity contribution in [2.45, 2.75) is 13.1 Å². The largest absolute Gasteiger partial charge is 0.397 e. The summed E-state index contributed by atoms with van der Waals surface area (Å²) in [5.41, 5.74) is 4.60. The molecule has 66 valence electrons. The summed E-state index contributed by atoms with van der Waals surface area (Å²) < 4.78 is 36.4. The van der Waals surface area contributed by atoms with Crippen LogP contribution < -0.4 is 5.73 Å². The summed E-state index contributed by atoms with van der Waals surface area (Å²) in [5.74, 6) is 0. The fraction of sp³-hybridized carbons (Fsp3) is 0.286. The summed E-state index contributed by atoms with van der Waals surface area (Å²) in [7, 11) is 0. The van der Waals surface area contributed by atoms with Gasteiger partial charge in [-0.1, -0.05) is 0 Å². The predicted molar refractivity (Wildman–Crippen MR) is 38.4 cm³/mol. The lowest BCUT2D eigenvalue weighted by molar-refractivity contribution is 0.149. The van der Waals surface area contributed by atoms with E-state index in [4.69, 9.17) is 5.73 Å². The summed E-state index contributed by atoms with van der Waals surface area (Å²) in [5, 5.41) is 0. The van der Waals surface area contributed by atoms with E-state index in [2.05, 4.69) is 4.98 Å². The maximum absolute atomic E-state index is 12.2. The van der Waals surface area contributed by atoms with Gasteiger partial charge in [0.15, 0.2) is 0 Å². The van der Waals surface area contributed by atoms with E-state index in [1.807, 2.05) is 0 Å². The van der Waals surface area contributed by atoms with Gasteiger partial charge in [0, 0.05) is 17.3 Å². The van der Waals surface area contributed by atoms with Gasteiger partial charge in [-0.25, -0.2) is 13.2 Å². The highest BCUT2D eigenvalue weighted by molar-refractivity contribution is 5.48. The van der Waals surface area contributed by atoms with E-state index in [-0.39, 0.29) is 11.3 Å². The molecule has 1 aromatic heterocycles. The van der Waals surface area contributed by atoms with Crippen LogP contribution in [-0.2, 0) is 6.67 Å². The summed E-state index contributed by atoms with van der Waals surface area (Å²) in [6.45, 7) is -0.992. The standard InChI is InChI=1S/C7H7F3N2/c8-1-4-5(7(9)10)2-12-3-6(4)11/h2-3,7H,1,11H2. The molecule has 1 rings (SSSR count). The molecule has 2 nitrogen and oxygen atoms in total. The van der Waals surface area contributed by atoms with E-state index >= 15 is 0 Å². The van der Waals surface area contributed by atoms with Crippen molar-refractivity contribution in [3.8, 4) is 0 Å². The fourth-order valence-corrected chi connectivity index (χ4v) is 0.863. The van der Waals surface area contributed by atoms with Gasteiger partial charge in [0.25, 0.3) is 6.43 Å². The second-order valence-corrected chi connectivity index (χ2v) is 2.23. The van der Waals surface area contributed by atoms with Crippen LogP contribution in [0.1, 0.15) is 17.6 Å². The van der Waals surface area contributed by atoms with E-state index in [9.17, 15) is 13.2 Å². The zero-order valence-corrected chi connectivity index (χ0v) is 6.10. The molecule has 0 fully saturated rings. The third-order valence-electron chi connectivity index (χ3n) is 1.49. The van der Waals surface area contributed by atoms with Crippen LogP contribution in [0.25, 0.3) is 0 Å². The van der Waals surface area contributed by atoms with Crippen molar-refractivity contribution in [1.29, 1.82) is 0 Å². The summed E-state index contributed by atoms with van der Waals surface area (Å²) in [6.07, 6.45) is -0.650. The first-order chi connectivity index (χ1) is 5.66. The molecular formula is C7H7F3N2. The van der Waals surface area contributed by atoms with E-state index in [1.54, 1.807) is 0 Å². The molecule has 0 saturated carbocycles. The fourth-order valence-electron chi connectivity index (χ4n) is 0.863. The average Bonchev–Trinajstić information content (AvgIpc) is 2.03. The molecule has 5 heteroatoms. The number of hydrogen-bond acceptors (Lipinski definition) is 2. The lowest BCUT2D eigenvalue weighted by Crippen LogP contribution is -2.00. The molecule has 12 heavy (non-hydrogen) atoms. The third kappa shape index (κ3) is 1.49. The molecule has 1 aromatic rings. The minimum absolute atomic E-state index is 0.0321. The molecule has 0 atom stereocenters. The SMILES string of the molecule is Nc1cncc(C(F)F)c1CF. The van der Waals surface area contributed by atoms with Gasteiger partial charge in [-0.15, -0.1) is 0 Å². The van der Waals surface area contributed by atoms with Gasteiger partial charge in [0.05, 0.1) is 11.9 Å². The Balaban J connectivity index is 3.18. The monoisotopic (exact) mass is 176 g/mol. The first kappa shape index (κ1) is 8.83. The minimum Gasteiger partial charge on any atom is -0.397 e. The van der Waals surface area contributed by atoms with Gasteiger partial charge < -0.3 is 5.73 Å². The maximum Gasteiger partial charge on any atom is 0.265 e. The highest BCUT2D eigenvalue weighted by Crippen LogP contribution is 2.26. The normalized spacial score (nSPS) is 10.7. The Hall–Kier alpha value is -1.26. The van der Waals surface area contributed by atoms with Crippen LogP contribution >= 0.6 is 0 Å². The molecule has 0 aromatic carbocycles. The first-order valence-corrected chi connectivity index (χ1v) is 3.23. The molecule has 0 bridgehead atoms. The Morgan fingerprint density at radius 1 is 1.42 bits per heavy atom. The Morgan fingerprint density at radius 3 is 2.50 bits per heavy atom. The molecule has 0 aliphatic rings. The number of hydrogen-bond donors (Lipinski definition) is 1. The molecule has 0 aliphatic carbocycles. The van der Waals surface area contributed by atoms with Crippen LogP contribution in [-0.4, -0.2) is 4.98 Å². The summed E-state index contributed by atoms with van der Waals surface area (Å²) >= 11 is 0. The second-order valence-electron chi connectivity index (χ2n) is 2.23. The average molecular weight is 176 g/mol. The van der Waals surface area contributed by atoms with E-state index in [0.717, 1.165) is 12.4 Å². The van der Waals surface area contributed by atoms with Gasteiger partial charge in [0.1, 0.15) is 6.67 Å². The van der Waals surface area contributed by atoms with Crippen LogP contribution in [0.3, 0.4) is 0 Å². The van der Waals surface area contributed by atoms with Crippen molar-refractivity contribution in [3.63, 3.8) is 0 Å². The molecule has 0 saturated heterocycles. The number of rotatable bonds is 2. The van der Waals surface area contributed by atoms with Gasteiger partial charge in [-0.2, -0.15) is 0 Å². The van der Waals surface area contributed by atoms with Gasteiger partial charge in [-0.3, -0.25) is 4.98 Å². The number of pyridine rings is 1. The number of nitrogens with zero attached hydrogens (tertiary/aromatic N) is 1. The lowest BCUT2D eigenvalue weighted by Gasteiger charge is -2.06. The molecular weight excluding hydrogens is 169 g/mol. The van der Waals surface area contributed by atoms with Crippen molar-refractivity contribution in [3.05, 3.63) is 23.5 Å². The van der Waals surface area contributed by atoms with Crippen LogP contribution in [0.5, 0.6) is 0 Å². The smallest absolute Gasteiger partial charge is 0.265 e. The predicted octanol–water partition coefficient (Wildman–Crippen LogP) is 2.07. The number of aromatic nitrogens is 1. The molecule has 0 unspecified atom stereocenters. The van der Waals surface area contributed by atoms with Crippen molar-refractivity contribution in [2.75, 3.05) is 5.73 Å². The van der Waals surface area contributed by atoms with E-state index < -0.39 is 18.7 Å². The van der Waals surface area contributed by atoms with Gasteiger partial charge in [0.2, 0.25) is 0 Å². The summed E-state index contributed by atoms with van der Waals surface area (Å²) in [4.78, 5) is 3.44. The van der Waals surface area contributed by atoms with Crippen molar-refractivity contribution in [1.82, 2.24) is 4.98 Å². The molecule has 0 spiro atoms. The van der Waals surface area contributed by atoms with Gasteiger partial charge >= 0.3 is 0 Å². The van der Waals surface area contributed by atoms with Crippen LogP contribution in [0.4, 0.5) is 18.9 Å². The Bertz CT molecular complexity index is 275. The van der Waals surface area contributed by atoms with Crippen molar-refractivity contribution >= 4 is 5.69 Å². The Morgan fingerprint density at radius 2 is 2.08 bits per heavy atom. The van der Waals surface area contributed by atoms with Crippen LogP contribution in [0.2, 0.25) is 0 Å². The number of halogens is 3. The molecule has 0 aliphatic heterocycles. The van der Waals surface area contributed by atoms with Crippen molar-refractivity contribution < 1.29 is 13.2 Å². The van der Waals surface area contributed by atoms with Crippen molar-refractivity contribution in [2.24, 2.45) is 0 Å². The minimum atomic E-state index is -2.73. The zero-order valence-electron chi connectivity index (χ0n) is 6.10. The molecule has 1 heterocycles. The van der Waals surface area contributed by atoms with Gasteiger partial charge in [-0.05, 0) is 0 Å². The highest BCUT2D eigenvalue weighted by atomic mass is 19.3. The quantitative estimate of drug-likeness (QED) is 0.749. The lowest BCUT2D eigenvalue weighted by atomic mass is 10.1. The Labute approximate surface area is 67.2 Å². The van der Waals surface area contributed by atoms with Crippen LogP contribution in [0, 0.1) is 0 Å². The molecule has 2 N–H and O–H groups in total. The maximum atomic E-state index is 12.2. The van der Waals surface area contributed by atoms with Crippen LogP contribution in [0.15, 0.2) is 12.4 Å². The highest BCUT2D eigenvalue weighted by Gasteiger charge is 2.14. The molecule has 0 radical (unpaired) electrons. The second kappa shape index (κ2) is 3.42. The number of alkyl halides is 3. The zero-order chi connectivity index (χ0) is 9.14. The Kier molecular flexibility index (Phi) is 2.52. The number of nitrogens with two attached hydrogens (primary N) is 1. The third-order valence-corrected chi connectivity index (χ3v) is 1.49. The molecule has 0 amide bonds. The summed E-state index contributed by atoms with van der Waals surface area (Å²) in [6, 6.07) is 0. The number of anilines is 1. The number of nitrogen functional groups attached to an aromatic ring is 1.